The molecule has 0 unspecified atom stereocenters. The summed E-state index contributed by atoms with van der Waals surface area (Å²) in [6, 6.07) is 11.7. The maximum absolute atomic E-state index is 12.7. The molecular weight excluding hydrogens is 404 g/mol. The van der Waals surface area contributed by atoms with Crippen molar-refractivity contribution in [1.29, 1.82) is 0 Å². The Balaban J connectivity index is 1.47. The van der Waals surface area contributed by atoms with E-state index in [2.05, 4.69) is 5.32 Å². The van der Waals surface area contributed by atoms with Crippen molar-refractivity contribution in [1.82, 2.24) is 9.62 Å². The molecule has 2 aliphatic heterocycles. The SMILES string of the molecule is Cc1ccc2c(c1)OC(C)(C)C[C@H]2NC(=O)CCN1C(=O)c2ccccc2S1(=O)=O. The van der Waals surface area contributed by atoms with Crippen LogP contribution in [0.3, 0.4) is 0 Å². The highest BCUT2D eigenvalue weighted by molar-refractivity contribution is 7.90. The van der Waals surface area contributed by atoms with Crippen LogP contribution in [-0.2, 0) is 14.8 Å². The van der Waals surface area contributed by atoms with Crippen molar-refractivity contribution in [2.75, 3.05) is 6.54 Å². The normalized spacial score (nSPS) is 20.8. The Hall–Kier alpha value is -2.87. The second-order valence-electron chi connectivity index (χ2n) is 8.36. The maximum Gasteiger partial charge on any atom is 0.269 e. The molecule has 7 nitrogen and oxygen atoms in total. The first-order valence-corrected chi connectivity index (χ1v) is 11.3. The Kier molecular flexibility index (Phi) is 4.85. The van der Waals surface area contributed by atoms with E-state index in [0.29, 0.717) is 6.42 Å². The minimum atomic E-state index is -3.91. The fraction of sp³-hybridized carbons (Fsp3) is 0.364. The van der Waals surface area contributed by atoms with E-state index in [1.54, 1.807) is 12.1 Å². The van der Waals surface area contributed by atoms with Crippen molar-refractivity contribution in [3.63, 3.8) is 0 Å². The molecule has 0 bridgehead atoms. The van der Waals surface area contributed by atoms with Gasteiger partial charge in [0, 0.05) is 24.9 Å². The van der Waals surface area contributed by atoms with E-state index in [1.807, 2.05) is 39.0 Å². The van der Waals surface area contributed by atoms with Crippen molar-refractivity contribution in [3.05, 3.63) is 59.2 Å². The number of carbonyl (C=O) groups is 2. The number of benzene rings is 2. The third-order valence-electron chi connectivity index (χ3n) is 5.42. The van der Waals surface area contributed by atoms with Gasteiger partial charge in [-0.1, -0.05) is 24.3 Å². The molecule has 2 aromatic rings. The highest BCUT2D eigenvalue weighted by Crippen LogP contribution is 2.40. The number of carbonyl (C=O) groups excluding carboxylic acids is 2. The summed E-state index contributed by atoms with van der Waals surface area (Å²) in [5.41, 5.74) is 1.65. The van der Waals surface area contributed by atoms with Gasteiger partial charge in [0.15, 0.2) is 0 Å². The lowest BCUT2D eigenvalue weighted by Gasteiger charge is -2.38. The van der Waals surface area contributed by atoms with E-state index in [4.69, 9.17) is 4.74 Å². The molecule has 2 heterocycles. The molecule has 158 valence electrons. The monoisotopic (exact) mass is 428 g/mol. The van der Waals surface area contributed by atoms with E-state index in [0.717, 1.165) is 21.2 Å². The van der Waals surface area contributed by atoms with E-state index >= 15 is 0 Å². The van der Waals surface area contributed by atoms with Gasteiger partial charge in [-0.05, 0) is 44.5 Å². The van der Waals surface area contributed by atoms with Gasteiger partial charge in [-0.2, -0.15) is 0 Å². The molecule has 8 heteroatoms. The number of sulfonamides is 1. The van der Waals surface area contributed by atoms with E-state index < -0.39 is 21.5 Å². The second-order valence-corrected chi connectivity index (χ2v) is 10.2. The van der Waals surface area contributed by atoms with Crippen LogP contribution in [0, 0.1) is 6.92 Å². The van der Waals surface area contributed by atoms with Crippen molar-refractivity contribution < 1.29 is 22.7 Å². The van der Waals surface area contributed by atoms with Gasteiger partial charge in [-0.25, -0.2) is 12.7 Å². The molecule has 1 N–H and O–H groups in total. The average molecular weight is 429 g/mol. The van der Waals surface area contributed by atoms with Crippen LogP contribution in [0.25, 0.3) is 0 Å². The summed E-state index contributed by atoms with van der Waals surface area (Å²) in [4.78, 5) is 25.1. The second kappa shape index (κ2) is 7.12. The molecule has 0 aromatic heterocycles. The van der Waals surface area contributed by atoms with Crippen LogP contribution in [-0.4, -0.2) is 36.7 Å². The quantitative estimate of drug-likeness (QED) is 0.808. The lowest BCUT2D eigenvalue weighted by molar-refractivity contribution is -0.122. The highest BCUT2D eigenvalue weighted by atomic mass is 32.2. The third-order valence-corrected chi connectivity index (χ3v) is 7.26. The smallest absolute Gasteiger partial charge is 0.269 e. The van der Waals surface area contributed by atoms with Gasteiger partial charge in [-0.3, -0.25) is 9.59 Å². The fourth-order valence-electron chi connectivity index (χ4n) is 4.01. The largest absolute Gasteiger partial charge is 0.487 e. The van der Waals surface area contributed by atoms with Crippen LogP contribution in [0.15, 0.2) is 47.4 Å². The summed E-state index contributed by atoms with van der Waals surface area (Å²) in [7, 11) is -3.91. The van der Waals surface area contributed by atoms with Gasteiger partial charge < -0.3 is 10.1 Å². The van der Waals surface area contributed by atoms with Crippen LogP contribution in [0.4, 0.5) is 0 Å². The maximum atomic E-state index is 12.7. The predicted octanol–water partition coefficient (Wildman–Crippen LogP) is 2.95. The van der Waals surface area contributed by atoms with Gasteiger partial charge in [0.1, 0.15) is 16.2 Å². The van der Waals surface area contributed by atoms with E-state index in [9.17, 15) is 18.0 Å². The third kappa shape index (κ3) is 3.56. The summed E-state index contributed by atoms with van der Waals surface area (Å²) >= 11 is 0. The Morgan fingerprint density at radius 1 is 1.23 bits per heavy atom. The molecule has 2 amide bonds. The summed E-state index contributed by atoms with van der Waals surface area (Å²) in [6.07, 6.45) is 0.471. The molecule has 0 aliphatic carbocycles. The number of hydrogen-bond donors (Lipinski definition) is 1. The number of ether oxygens (including phenoxy) is 1. The van der Waals surface area contributed by atoms with Gasteiger partial charge in [-0.15, -0.1) is 0 Å². The topological polar surface area (TPSA) is 92.8 Å². The average Bonchev–Trinajstić information content (AvgIpc) is 2.85. The summed E-state index contributed by atoms with van der Waals surface area (Å²) in [5.74, 6) is -0.168. The van der Waals surface area contributed by atoms with Crippen LogP contribution >= 0.6 is 0 Å². The zero-order chi connectivity index (χ0) is 21.7. The molecule has 0 saturated carbocycles. The molecular formula is C22H24N2O5S. The Labute approximate surface area is 176 Å². The Morgan fingerprint density at radius 3 is 2.70 bits per heavy atom. The van der Waals surface area contributed by atoms with Crippen molar-refractivity contribution in [2.24, 2.45) is 0 Å². The molecule has 0 fully saturated rings. The first-order valence-electron chi connectivity index (χ1n) is 9.83. The minimum absolute atomic E-state index is 0.00844. The lowest BCUT2D eigenvalue weighted by atomic mass is 9.89. The summed E-state index contributed by atoms with van der Waals surface area (Å²) < 4.78 is 32.1. The number of nitrogens with zero attached hydrogens (tertiary/aromatic N) is 1. The van der Waals surface area contributed by atoms with Gasteiger partial charge in [0.2, 0.25) is 5.91 Å². The lowest BCUT2D eigenvalue weighted by Crippen LogP contribution is -2.42. The van der Waals surface area contributed by atoms with Crippen LogP contribution in [0.1, 0.15) is 54.2 Å². The molecule has 1 atom stereocenters. The van der Waals surface area contributed by atoms with Crippen molar-refractivity contribution >= 4 is 21.8 Å². The minimum Gasteiger partial charge on any atom is -0.487 e. The standard InChI is InChI=1S/C22H24N2O5S/c1-14-8-9-15-17(13-22(2,3)29-18(15)12-14)23-20(25)10-11-24-21(26)16-6-4-5-7-19(16)30(24,27)28/h4-9,12,17H,10-11,13H2,1-3H3,(H,23,25)/t17-/m1/s1. The number of aryl methyl sites for hydroxylation is 1. The number of rotatable bonds is 4. The molecule has 30 heavy (non-hydrogen) atoms. The molecule has 0 saturated heterocycles. The number of fused-ring (bicyclic) bond motifs is 2. The summed E-state index contributed by atoms with van der Waals surface area (Å²) in [5, 5.41) is 2.99. The molecule has 2 aliphatic rings. The number of nitrogens with one attached hydrogen (secondary N) is 1. The van der Waals surface area contributed by atoms with Gasteiger partial charge in [0.05, 0.1) is 11.6 Å². The van der Waals surface area contributed by atoms with Gasteiger partial charge in [0.25, 0.3) is 15.9 Å². The van der Waals surface area contributed by atoms with Crippen molar-refractivity contribution in [2.45, 2.75) is 50.2 Å². The Bertz CT molecular complexity index is 1140. The summed E-state index contributed by atoms with van der Waals surface area (Å²) in [6.45, 7) is 5.70. The highest BCUT2D eigenvalue weighted by Gasteiger charge is 2.41. The molecule has 0 spiro atoms. The Morgan fingerprint density at radius 2 is 1.97 bits per heavy atom. The van der Waals surface area contributed by atoms with Crippen LogP contribution in [0.2, 0.25) is 0 Å². The zero-order valence-corrected chi connectivity index (χ0v) is 18.0. The van der Waals surface area contributed by atoms with Crippen LogP contribution < -0.4 is 10.1 Å². The number of amides is 2. The molecule has 4 rings (SSSR count). The number of hydrogen-bond acceptors (Lipinski definition) is 5. The first kappa shape index (κ1) is 20.4. The predicted molar refractivity (Wildman–Crippen MR) is 111 cm³/mol. The zero-order valence-electron chi connectivity index (χ0n) is 17.1. The first-order chi connectivity index (χ1) is 14.1. The van der Waals surface area contributed by atoms with Gasteiger partial charge >= 0.3 is 0 Å². The fourth-order valence-corrected chi connectivity index (χ4v) is 5.58. The van der Waals surface area contributed by atoms with Crippen molar-refractivity contribution in [3.8, 4) is 5.75 Å². The molecule has 0 radical (unpaired) electrons. The van der Waals surface area contributed by atoms with E-state index in [-0.39, 0.29) is 35.4 Å². The van der Waals surface area contributed by atoms with E-state index in [1.165, 1.54) is 12.1 Å². The molecule has 2 aromatic carbocycles. The van der Waals surface area contributed by atoms with Crippen LogP contribution in [0.5, 0.6) is 5.75 Å².